The van der Waals surface area contributed by atoms with E-state index in [1.54, 1.807) is 0 Å². The molecule has 2 unspecified atom stereocenters. The highest BCUT2D eigenvalue weighted by Gasteiger charge is 2.24. The summed E-state index contributed by atoms with van der Waals surface area (Å²) in [6, 6.07) is 0. The number of hydrogen-bond donors (Lipinski definition) is 3. The molecule has 3 N–H and O–H groups in total. The monoisotopic (exact) mass is 283 g/mol. The number of amides is 1. The number of carbonyl (C=O) groups excluding carboxylic acids is 1. The van der Waals surface area contributed by atoms with Crippen LogP contribution in [0.5, 0.6) is 0 Å². The summed E-state index contributed by atoms with van der Waals surface area (Å²) in [6.45, 7) is 5.49. The van der Waals surface area contributed by atoms with E-state index in [1.165, 1.54) is 12.8 Å². The fourth-order valence-electron chi connectivity index (χ4n) is 3.36. The smallest absolute Gasteiger partial charge is 0.234 e. The predicted octanol–water partition coefficient (Wildman–Crippen LogP) is 0.197. The van der Waals surface area contributed by atoms with E-state index in [9.17, 15) is 9.90 Å². The third-order valence-electron chi connectivity index (χ3n) is 4.66. The maximum absolute atomic E-state index is 12.0. The van der Waals surface area contributed by atoms with E-state index < -0.39 is 0 Å². The fourth-order valence-corrected chi connectivity index (χ4v) is 3.36. The predicted molar refractivity (Wildman–Crippen MR) is 79.5 cm³/mol. The first-order valence-electron chi connectivity index (χ1n) is 8.10. The van der Waals surface area contributed by atoms with Gasteiger partial charge in [0.2, 0.25) is 5.91 Å². The number of aliphatic hydroxyl groups is 1. The molecule has 2 atom stereocenters. The summed E-state index contributed by atoms with van der Waals surface area (Å²) in [5, 5.41) is 15.8. The van der Waals surface area contributed by atoms with Crippen LogP contribution in [0.4, 0.5) is 0 Å². The molecule has 2 rings (SSSR count). The molecule has 5 heteroatoms. The Morgan fingerprint density at radius 2 is 1.95 bits per heavy atom. The Bertz CT molecular complexity index is 291. The van der Waals surface area contributed by atoms with Gasteiger partial charge in [-0.05, 0) is 44.2 Å². The molecule has 0 aromatic heterocycles. The van der Waals surface area contributed by atoms with Gasteiger partial charge in [-0.15, -0.1) is 0 Å². The Hall–Kier alpha value is -0.650. The SMILES string of the molecule is O=C(CN1CCCNCC1)NCC1CCCCC1CO. The molecule has 0 radical (unpaired) electrons. The van der Waals surface area contributed by atoms with Crippen molar-refractivity contribution in [1.29, 1.82) is 0 Å². The summed E-state index contributed by atoms with van der Waals surface area (Å²) in [4.78, 5) is 14.2. The lowest BCUT2D eigenvalue weighted by Gasteiger charge is -2.30. The van der Waals surface area contributed by atoms with E-state index in [2.05, 4.69) is 15.5 Å². The van der Waals surface area contributed by atoms with Gasteiger partial charge >= 0.3 is 0 Å². The van der Waals surface area contributed by atoms with Crippen LogP contribution in [0.3, 0.4) is 0 Å². The third-order valence-corrected chi connectivity index (χ3v) is 4.66. The van der Waals surface area contributed by atoms with Gasteiger partial charge in [-0.1, -0.05) is 12.8 Å². The molecule has 5 nitrogen and oxygen atoms in total. The summed E-state index contributed by atoms with van der Waals surface area (Å²) < 4.78 is 0. The lowest BCUT2D eigenvalue weighted by atomic mass is 9.79. The van der Waals surface area contributed by atoms with Gasteiger partial charge in [-0.25, -0.2) is 0 Å². The highest BCUT2D eigenvalue weighted by Crippen LogP contribution is 2.28. The maximum atomic E-state index is 12.0. The van der Waals surface area contributed by atoms with E-state index >= 15 is 0 Å². The average molecular weight is 283 g/mol. The lowest BCUT2D eigenvalue weighted by Crippen LogP contribution is -2.42. The second-order valence-electron chi connectivity index (χ2n) is 6.17. The zero-order valence-electron chi connectivity index (χ0n) is 12.4. The molecule has 1 saturated carbocycles. The molecule has 2 aliphatic rings. The first kappa shape index (κ1) is 15.7. The normalized spacial score (nSPS) is 28.9. The van der Waals surface area contributed by atoms with Crippen molar-refractivity contribution in [3.05, 3.63) is 0 Å². The van der Waals surface area contributed by atoms with Gasteiger partial charge < -0.3 is 15.7 Å². The van der Waals surface area contributed by atoms with Gasteiger partial charge in [-0.3, -0.25) is 9.69 Å². The Balaban J connectivity index is 1.68. The van der Waals surface area contributed by atoms with E-state index in [4.69, 9.17) is 0 Å². The fraction of sp³-hybridized carbons (Fsp3) is 0.933. The highest BCUT2D eigenvalue weighted by atomic mass is 16.3. The lowest BCUT2D eigenvalue weighted by molar-refractivity contribution is -0.122. The Kier molecular flexibility index (Phi) is 6.76. The molecule has 1 aliphatic carbocycles. The molecular weight excluding hydrogens is 254 g/mol. The van der Waals surface area contributed by atoms with Crippen molar-refractivity contribution in [3.8, 4) is 0 Å². The first-order valence-corrected chi connectivity index (χ1v) is 8.10. The first-order chi connectivity index (χ1) is 9.79. The second-order valence-corrected chi connectivity index (χ2v) is 6.17. The zero-order chi connectivity index (χ0) is 14.2. The molecule has 0 bridgehead atoms. The van der Waals surface area contributed by atoms with Crippen LogP contribution in [-0.2, 0) is 4.79 Å². The van der Waals surface area contributed by atoms with Crippen molar-refractivity contribution in [1.82, 2.24) is 15.5 Å². The highest BCUT2D eigenvalue weighted by molar-refractivity contribution is 5.78. The van der Waals surface area contributed by atoms with Crippen LogP contribution in [0.2, 0.25) is 0 Å². The third kappa shape index (κ3) is 5.04. The second kappa shape index (κ2) is 8.60. The molecule has 1 aliphatic heterocycles. The molecule has 116 valence electrons. The molecule has 0 spiro atoms. The van der Waals surface area contributed by atoms with Crippen molar-refractivity contribution < 1.29 is 9.90 Å². The van der Waals surface area contributed by atoms with Crippen LogP contribution in [0.1, 0.15) is 32.1 Å². The van der Waals surface area contributed by atoms with Crippen LogP contribution in [0.25, 0.3) is 0 Å². The van der Waals surface area contributed by atoms with Gasteiger partial charge in [0.25, 0.3) is 0 Å². The van der Waals surface area contributed by atoms with Gasteiger partial charge in [0.15, 0.2) is 0 Å². The number of carbonyl (C=O) groups is 1. The van der Waals surface area contributed by atoms with E-state index in [-0.39, 0.29) is 12.5 Å². The average Bonchev–Trinajstić information content (AvgIpc) is 2.74. The molecule has 1 heterocycles. The summed E-state index contributed by atoms with van der Waals surface area (Å²) in [5.41, 5.74) is 0. The van der Waals surface area contributed by atoms with E-state index in [1.807, 2.05) is 0 Å². The summed E-state index contributed by atoms with van der Waals surface area (Å²) in [5.74, 6) is 0.976. The topological polar surface area (TPSA) is 64.6 Å². The molecule has 20 heavy (non-hydrogen) atoms. The molecule has 0 aromatic carbocycles. The van der Waals surface area contributed by atoms with Crippen molar-refractivity contribution in [2.24, 2.45) is 11.8 Å². The van der Waals surface area contributed by atoms with Crippen LogP contribution < -0.4 is 10.6 Å². The van der Waals surface area contributed by atoms with Crippen molar-refractivity contribution in [3.63, 3.8) is 0 Å². The molecular formula is C15H29N3O2. The molecule has 1 amide bonds. The molecule has 1 saturated heterocycles. The minimum absolute atomic E-state index is 0.133. The van der Waals surface area contributed by atoms with Crippen LogP contribution in [0, 0.1) is 11.8 Å². The largest absolute Gasteiger partial charge is 0.396 e. The molecule has 0 aromatic rings. The van der Waals surface area contributed by atoms with Gasteiger partial charge in [0, 0.05) is 26.2 Å². The van der Waals surface area contributed by atoms with Crippen LogP contribution in [-0.4, -0.2) is 61.8 Å². The number of aliphatic hydroxyl groups excluding tert-OH is 1. The number of nitrogens with zero attached hydrogens (tertiary/aromatic N) is 1. The molecule has 2 fully saturated rings. The minimum atomic E-state index is 0.133. The maximum Gasteiger partial charge on any atom is 0.234 e. The Morgan fingerprint density at radius 1 is 1.15 bits per heavy atom. The van der Waals surface area contributed by atoms with Gasteiger partial charge in [0.1, 0.15) is 0 Å². The zero-order valence-corrected chi connectivity index (χ0v) is 12.4. The van der Waals surface area contributed by atoms with E-state index in [0.717, 1.165) is 52.0 Å². The van der Waals surface area contributed by atoms with Crippen LogP contribution in [0.15, 0.2) is 0 Å². The number of hydrogen-bond acceptors (Lipinski definition) is 4. The van der Waals surface area contributed by atoms with Gasteiger partial charge in [0.05, 0.1) is 6.54 Å². The summed E-state index contributed by atoms with van der Waals surface area (Å²) >= 11 is 0. The summed E-state index contributed by atoms with van der Waals surface area (Å²) in [6.07, 6.45) is 5.81. The quantitative estimate of drug-likeness (QED) is 0.674. The van der Waals surface area contributed by atoms with Crippen molar-refractivity contribution >= 4 is 5.91 Å². The number of nitrogens with one attached hydrogen (secondary N) is 2. The van der Waals surface area contributed by atoms with Crippen molar-refractivity contribution in [2.75, 3.05) is 45.9 Å². The standard InChI is InChI=1S/C15H29N3O2/c19-12-14-5-2-1-4-13(14)10-17-15(20)11-18-8-3-6-16-7-9-18/h13-14,16,19H,1-12H2,(H,17,20). The Morgan fingerprint density at radius 3 is 2.75 bits per heavy atom. The Labute approximate surface area is 122 Å². The summed E-state index contributed by atoms with van der Waals surface area (Å²) in [7, 11) is 0. The van der Waals surface area contributed by atoms with Gasteiger partial charge in [-0.2, -0.15) is 0 Å². The van der Waals surface area contributed by atoms with E-state index in [0.29, 0.717) is 18.4 Å². The number of rotatable bonds is 5. The van der Waals surface area contributed by atoms with Crippen molar-refractivity contribution in [2.45, 2.75) is 32.1 Å². The van der Waals surface area contributed by atoms with Crippen LogP contribution >= 0.6 is 0 Å². The minimum Gasteiger partial charge on any atom is -0.396 e.